The van der Waals surface area contributed by atoms with Gasteiger partial charge in [0.1, 0.15) is 5.82 Å². The highest BCUT2D eigenvalue weighted by Gasteiger charge is 2.40. The molecule has 5 rings (SSSR count). The SMILES string of the molecule is CC(=O)N1CC[C@@H]2CN(c3cc(C(=O)O)nc(Nc4ccccc4)c3C(=N)C3CCC3)CC[C@@H]21. The van der Waals surface area contributed by atoms with E-state index >= 15 is 0 Å². The predicted octanol–water partition coefficient (Wildman–Crippen LogP) is 4.14. The second-order valence-electron chi connectivity index (χ2n) is 9.65. The molecule has 1 aromatic heterocycles. The largest absolute Gasteiger partial charge is 0.477 e. The average molecular weight is 462 g/mol. The van der Waals surface area contributed by atoms with Crippen molar-refractivity contribution in [3.05, 3.63) is 47.7 Å². The van der Waals surface area contributed by atoms with Crippen LogP contribution in [0, 0.1) is 17.2 Å². The molecule has 2 saturated heterocycles. The van der Waals surface area contributed by atoms with E-state index in [0.29, 0.717) is 29.6 Å². The van der Waals surface area contributed by atoms with Crippen LogP contribution in [-0.4, -0.2) is 58.3 Å². The fourth-order valence-electron chi connectivity index (χ4n) is 5.60. The van der Waals surface area contributed by atoms with Crippen LogP contribution in [0.25, 0.3) is 0 Å². The zero-order valence-electron chi connectivity index (χ0n) is 19.5. The Labute approximate surface area is 199 Å². The minimum absolute atomic E-state index is 0.0301. The number of aromatic carboxylic acids is 1. The quantitative estimate of drug-likeness (QED) is 0.558. The van der Waals surface area contributed by atoms with E-state index < -0.39 is 5.97 Å². The molecule has 2 aliphatic heterocycles. The lowest BCUT2D eigenvalue weighted by molar-refractivity contribution is -0.130. The number of likely N-dealkylation sites (tertiary alicyclic amines) is 1. The first kappa shape index (κ1) is 22.4. The molecule has 2 aromatic rings. The van der Waals surface area contributed by atoms with Crippen molar-refractivity contribution in [1.29, 1.82) is 5.41 Å². The lowest BCUT2D eigenvalue weighted by Crippen LogP contribution is -2.47. The van der Waals surface area contributed by atoms with Crippen LogP contribution in [-0.2, 0) is 4.79 Å². The van der Waals surface area contributed by atoms with Crippen molar-refractivity contribution in [2.45, 2.75) is 45.1 Å². The summed E-state index contributed by atoms with van der Waals surface area (Å²) in [5, 5.41) is 22.2. The van der Waals surface area contributed by atoms with E-state index in [-0.39, 0.29) is 23.6 Å². The molecule has 3 aliphatic rings. The minimum atomic E-state index is -1.09. The fraction of sp³-hybridized carbons (Fsp3) is 0.462. The van der Waals surface area contributed by atoms with Crippen LogP contribution in [0.15, 0.2) is 36.4 Å². The first-order valence-corrected chi connectivity index (χ1v) is 12.1. The van der Waals surface area contributed by atoms with Gasteiger partial charge in [-0.25, -0.2) is 9.78 Å². The van der Waals surface area contributed by atoms with Gasteiger partial charge in [-0.15, -0.1) is 0 Å². The number of nitrogens with one attached hydrogen (secondary N) is 2. The van der Waals surface area contributed by atoms with Crippen molar-refractivity contribution in [2.75, 3.05) is 29.9 Å². The summed E-state index contributed by atoms with van der Waals surface area (Å²) in [4.78, 5) is 32.7. The highest BCUT2D eigenvalue weighted by molar-refractivity contribution is 6.10. The van der Waals surface area contributed by atoms with Crippen molar-refractivity contribution < 1.29 is 14.7 Å². The van der Waals surface area contributed by atoms with Gasteiger partial charge in [0.15, 0.2) is 5.69 Å². The zero-order chi connectivity index (χ0) is 23.8. The van der Waals surface area contributed by atoms with Crippen LogP contribution in [0.5, 0.6) is 0 Å². The van der Waals surface area contributed by atoms with E-state index in [1.165, 1.54) is 0 Å². The minimum Gasteiger partial charge on any atom is -0.477 e. The number of hydrogen-bond donors (Lipinski definition) is 3. The molecule has 1 amide bonds. The molecule has 0 unspecified atom stereocenters. The monoisotopic (exact) mass is 461 g/mol. The Balaban J connectivity index is 1.55. The highest BCUT2D eigenvalue weighted by atomic mass is 16.4. The lowest BCUT2D eigenvalue weighted by Gasteiger charge is -2.40. The van der Waals surface area contributed by atoms with Gasteiger partial charge >= 0.3 is 5.97 Å². The molecule has 178 valence electrons. The van der Waals surface area contributed by atoms with E-state index in [1.807, 2.05) is 35.2 Å². The zero-order valence-corrected chi connectivity index (χ0v) is 19.5. The Morgan fingerprint density at radius 1 is 1.12 bits per heavy atom. The molecule has 1 aromatic carbocycles. The number of fused-ring (bicyclic) bond motifs is 1. The Morgan fingerprint density at radius 3 is 2.53 bits per heavy atom. The summed E-state index contributed by atoms with van der Waals surface area (Å²) < 4.78 is 0. The molecule has 0 radical (unpaired) electrons. The molecule has 3 heterocycles. The maximum Gasteiger partial charge on any atom is 0.354 e. The Kier molecular flexibility index (Phi) is 5.98. The van der Waals surface area contributed by atoms with Gasteiger partial charge in [-0.2, -0.15) is 0 Å². The van der Waals surface area contributed by atoms with E-state index in [0.717, 1.165) is 56.6 Å². The van der Waals surface area contributed by atoms with Gasteiger partial charge in [0.25, 0.3) is 0 Å². The Bertz CT molecular complexity index is 1110. The molecule has 1 saturated carbocycles. The van der Waals surface area contributed by atoms with Crippen LogP contribution in [0.1, 0.15) is 55.1 Å². The number of carbonyl (C=O) groups excluding carboxylic acids is 1. The molecule has 2 atom stereocenters. The number of nitrogens with zero attached hydrogens (tertiary/aromatic N) is 3. The number of piperidine rings is 1. The van der Waals surface area contributed by atoms with Crippen LogP contribution in [0.2, 0.25) is 0 Å². The maximum absolute atomic E-state index is 12.1. The number of rotatable bonds is 6. The summed E-state index contributed by atoms with van der Waals surface area (Å²) >= 11 is 0. The van der Waals surface area contributed by atoms with Gasteiger partial charge in [0.05, 0.1) is 11.3 Å². The van der Waals surface area contributed by atoms with Crippen LogP contribution in [0.4, 0.5) is 17.2 Å². The van der Waals surface area contributed by atoms with E-state index in [1.54, 1.807) is 13.0 Å². The first-order valence-electron chi connectivity index (χ1n) is 12.1. The van der Waals surface area contributed by atoms with Gasteiger partial charge in [-0.3, -0.25) is 4.79 Å². The molecule has 0 bridgehead atoms. The Morgan fingerprint density at radius 2 is 1.88 bits per heavy atom. The second-order valence-corrected chi connectivity index (χ2v) is 9.65. The fourth-order valence-corrected chi connectivity index (χ4v) is 5.60. The third-order valence-electron chi connectivity index (χ3n) is 7.62. The molecule has 3 N–H and O–H groups in total. The van der Waals surface area contributed by atoms with Gasteiger partial charge < -0.3 is 25.6 Å². The van der Waals surface area contributed by atoms with Crippen molar-refractivity contribution in [3.8, 4) is 0 Å². The number of aromatic nitrogens is 1. The Hall–Kier alpha value is -3.42. The number of hydrogen-bond acceptors (Lipinski definition) is 6. The summed E-state index contributed by atoms with van der Waals surface area (Å²) in [6.45, 7) is 3.87. The number of carboxylic acids is 1. The topological polar surface area (TPSA) is 110 Å². The number of benzene rings is 1. The van der Waals surface area contributed by atoms with Gasteiger partial charge in [0, 0.05) is 49.9 Å². The maximum atomic E-state index is 12.1. The molecule has 34 heavy (non-hydrogen) atoms. The number of para-hydroxylation sites is 1. The third kappa shape index (κ3) is 4.13. The summed E-state index contributed by atoms with van der Waals surface area (Å²) in [6, 6.07) is 11.4. The molecule has 8 heteroatoms. The number of pyridine rings is 1. The number of amides is 1. The smallest absolute Gasteiger partial charge is 0.354 e. The summed E-state index contributed by atoms with van der Waals surface area (Å²) in [5.41, 5.74) is 2.78. The second kappa shape index (κ2) is 9.08. The van der Waals surface area contributed by atoms with Gasteiger partial charge in [-0.05, 0) is 49.8 Å². The van der Waals surface area contributed by atoms with Crippen LogP contribution in [0.3, 0.4) is 0 Å². The van der Waals surface area contributed by atoms with Crippen LogP contribution >= 0.6 is 0 Å². The standard InChI is InChI=1S/C26H31N5O3/c1-16(32)31-13-10-18-15-30(12-11-21(18)31)22-14-20(26(33)34)29-25(28-19-8-3-2-4-9-19)23(22)24(27)17-6-5-7-17/h2-4,8-9,14,17-18,21,27H,5-7,10-13,15H2,1H3,(H,28,29)(H,33,34)/t18-,21+/m1/s1. The van der Waals surface area contributed by atoms with Crippen molar-refractivity contribution in [1.82, 2.24) is 9.88 Å². The van der Waals surface area contributed by atoms with Crippen LogP contribution < -0.4 is 10.2 Å². The third-order valence-corrected chi connectivity index (χ3v) is 7.62. The van der Waals surface area contributed by atoms with Gasteiger partial charge in [-0.1, -0.05) is 24.6 Å². The highest BCUT2D eigenvalue weighted by Crippen LogP contribution is 2.40. The van der Waals surface area contributed by atoms with E-state index in [2.05, 4.69) is 15.2 Å². The summed E-state index contributed by atoms with van der Waals surface area (Å²) in [7, 11) is 0. The van der Waals surface area contributed by atoms with E-state index in [9.17, 15) is 14.7 Å². The number of carbonyl (C=O) groups is 2. The normalized spacial score (nSPS) is 22.1. The average Bonchev–Trinajstić information content (AvgIpc) is 3.21. The first-order chi connectivity index (χ1) is 16.4. The summed E-state index contributed by atoms with van der Waals surface area (Å²) in [5.74, 6) is -0.0190. The van der Waals surface area contributed by atoms with Crippen molar-refractivity contribution in [3.63, 3.8) is 0 Å². The molecule has 8 nitrogen and oxygen atoms in total. The molecular formula is C26H31N5O3. The molecule has 3 fully saturated rings. The molecular weight excluding hydrogens is 430 g/mol. The van der Waals surface area contributed by atoms with Gasteiger partial charge in [0.2, 0.25) is 5.91 Å². The number of anilines is 3. The van der Waals surface area contributed by atoms with Crippen molar-refractivity contribution >= 4 is 34.8 Å². The predicted molar refractivity (Wildman–Crippen MR) is 131 cm³/mol. The molecule has 0 spiro atoms. The van der Waals surface area contributed by atoms with Crippen molar-refractivity contribution in [2.24, 2.45) is 11.8 Å². The number of carboxylic acid groups (broad SMARTS) is 1. The van der Waals surface area contributed by atoms with E-state index in [4.69, 9.17) is 5.41 Å². The lowest BCUT2D eigenvalue weighted by atomic mass is 9.78. The summed E-state index contributed by atoms with van der Waals surface area (Å²) in [6.07, 6.45) is 4.84. The molecule has 1 aliphatic carbocycles.